The fourth-order valence-electron chi connectivity index (χ4n) is 2.50. The van der Waals surface area contributed by atoms with Crippen LogP contribution in [0.15, 0.2) is 41.6 Å². The Morgan fingerprint density at radius 3 is 2.07 bits per heavy atom. The van der Waals surface area contributed by atoms with Crippen LogP contribution in [0.3, 0.4) is 0 Å². The van der Waals surface area contributed by atoms with Crippen molar-refractivity contribution in [3.63, 3.8) is 0 Å². The van der Waals surface area contributed by atoms with Gasteiger partial charge in [-0.05, 0) is 26.3 Å². The molecule has 0 bridgehead atoms. The van der Waals surface area contributed by atoms with E-state index in [1.54, 1.807) is 13.8 Å². The average molecular weight is 665 g/mol. The third kappa shape index (κ3) is 8.78. The van der Waals surface area contributed by atoms with Crippen LogP contribution in [0.2, 0.25) is 0 Å². The summed E-state index contributed by atoms with van der Waals surface area (Å²) in [5, 5.41) is -0.679. The Morgan fingerprint density at radius 2 is 1.72 bits per heavy atom. The van der Waals surface area contributed by atoms with Crippen molar-refractivity contribution < 1.29 is 45.2 Å². The number of β-lactam (4-membered cyclic amide) rings is 1. The van der Waals surface area contributed by atoms with Gasteiger partial charge in [-0.25, -0.2) is 4.79 Å². The number of hydrogen-bond donors (Lipinski definition) is 0. The molecule has 10 heteroatoms. The molecule has 0 aliphatic carbocycles. The molecule has 1 aliphatic rings. The Balaban J connectivity index is 0.000000502. The first-order valence-electron chi connectivity index (χ1n) is 8.61. The molecule has 0 N–H and O–H groups in total. The van der Waals surface area contributed by atoms with Crippen molar-refractivity contribution in [2.75, 3.05) is 6.61 Å². The van der Waals surface area contributed by atoms with Crippen LogP contribution in [0, 0.1) is 5.92 Å². The van der Waals surface area contributed by atoms with Crippen LogP contribution in [0.5, 0.6) is 0 Å². The minimum atomic E-state index is -1.74. The maximum absolute atomic E-state index is 12.1. The summed E-state index contributed by atoms with van der Waals surface area (Å²) in [4.78, 5) is 36.6. The van der Waals surface area contributed by atoms with E-state index in [-0.39, 0.29) is 23.8 Å². The van der Waals surface area contributed by atoms with Crippen molar-refractivity contribution in [3.05, 3.63) is 41.6 Å². The van der Waals surface area contributed by atoms with E-state index in [4.69, 9.17) is 52.2 Å². The van der Waals surface area contributed by atoms with Crippen LogP contribution in [0.1, 0.15) is 27.2 Å². The third-order valence-electron chi connectivity index (χ3n) is 3.78. The number of rotatable bonds is 5. The summed E-state index contributed by atoms with van der Waals surface area (Å²) in [5.74, 6) is -1.90. The summed E-state index contributed by atoms with van der Waals surface area (Å²) < 4.78 is 4.67. The number of nitrogens with zero attached hydrogens (tertiary/aromatic N) is 1. The summed E-state index contributed by atoms with van der Waals surface area (Å²) in [6, 6.07) is 10.6. The minimum absolute atomic E-state index is 0.0269. The second kappa shape index (κ2) is 11.9. The Labute approximate surface area is 207 Å². The van der Waals surface area contributed by atoms with E-state index >= 15 is 0 Å². The van der Waals surface area contributed by atoms with Gasteiger partial charge in [0.15, 0.2) is 0 Å². The van der Waals surface area contributed by atoms with Crippen LogP contribution in [-0.4, -0.2) is 38.3 Å². The summed E-state index contributed by atoms with van der Waals surface area (Å²) in [6.45, 7) is 4.21. The fourth-order valence-corrected chi connectivity index (χ4v) is 4.14. The number of Topliss-reactive ketones (excluding diaryl/α,β-unsaturated/α-hetero) is 1. The normalized spacial score (nSPS) is 18.2. The van der Waals surface area contributed by atoms with Crippen LogP contribution >= 0.6 is 34.8 Å². The van der Waals surface area contributed by atoms with Gasteiger partial charge in [-0.3, -0.25) is 4.79 Å². The molecule has 1 fully saturated rings. The predicted molar refractivity (Wildman–Crippen MR) is 112 cm³/mol. The molecule has 0 radical (unpaired) electrons. The van der Waals surface area contributed by atoms with Gasteiger partial charge in [0.05, 0.1) is 0 Å². The number of carbonyl (C=O) groups excluding carboxylic acids is 3. The second-order valence-electron chi connectivity index (χ2n) is 6.64. The number of amides is 1. The van der Waals surface area contributed by atoms with E-state index < -0.39 is 27.7 Å². The number of halogens is 3. The molecule has 0 unspecified atom stereocenters. The molecule has 1 aliphatic heterocycles. The average Bonchev–Trinajstić information content (AvgIpc) is 2.62. The van der Waals surface area contributed by atoms with Gasteiger partial charge in [-0.2, -0.15) is 0 Å². The van der Waals surface area contributed by atoms with Gasteiger partial charge in [0, 0.05) is 12.3 Å². The van der Waals surface area contributed by atoms with Crippen molar-refractivity contribution in [2.24, 2.45) is 5.92 Å². The number of benzene rings is 1. The maximum atomic E-state index is 12.1. The monoisotopic (exact) mass is 665 g/mol. The zero-order valence-electron chi connectivity index (χ0n) is 16.3. The molecule has 1 aromatic carbocycles. The molecule has 154 valence electrons. The Morgan fingerprint density at radius 1 is 1.17 bits per heavy atom. The van der Waals surface area contributed by atoms with Gasteiger partial charge >= 0.3 is 65.5 Å². The van der Waals surface area contributed by atoms with Crippen LogP contribution in [0.25, 0.3) is 0 Å². The molecule has 2 rings (SSSR count). The molecule has 29 heavy (non-hydrogen) atoms. The zero-order valence-corrected chi connectivity index (χ0v) is 24.9. The molecule has 1 amide bonds. The summed E-state index contributed by atoms with van der Waals surface area (Å²) in [5.41, 5.74) is 0.567. The van der Waals surface area contributed by atoms with Crippen molar-refractivity contribution in [1.82, 2.24) is 4.90 Å². The molecule has 1 saturated heterocycles. The molecule has 2 atom stereocenters. The quantitative estimate of drug-likeness (QED) is 0.121. The van der Waals surface area contributed by atoms with Crippen molar-refractivity contribution in [3.8, 4) is 0 Å². The van der Waals surface area contributed by atoms with Gasteiger partial charge in [-0.1, -0.05) is 40.2 Å². The number of esters is 1. The van der Waals surface area contributed by atoms with Gasteiger partial charge in [0.2, 0.25) is 9.70 Å². The summed E-state index contributed by atoms with van der Waals surface area (Å²) >= 11 is 22.6. The van der Waals surface area contributed by atoms with Crippen molar-refractivity contribution >= 4 is 68.2 Å². The number of likely N-dealkylation sites (tertiary alicyclic amines) is 1. The Bertz CT molecular complexity index is 779. The van der Waals surface area contributed by atoms with Gasteiger partial charge in [0.25, 0.3) is 0 Å². The zero-order chi connectivity index (χ0) is 22.4. The first-order valence-corrected chi connectivity index (χ1v) is 13.0. The van der Waals surface area contributed by atoms with Gasteiger partial charge in [0.1, 0.15) is 18.1 Å². The number of allylic oxidation sites excluding steroid dienone is 1. The van der Waals surface area contributed by atoms with Gasteiger partial charge < -0.3 is 27.1 Å². The van der Waals surface area contributed by atoms with E-state index in [9.17, 15) is 14.4 Å². The molecule has 1 heterocycles. The van der Waals surface area contributed by atoms with Crippen LogP contribution in [0.4, 0.5) is 0 Å². The van der Waals surface area contributed by atoms with Crippen molar-refractivity contribution in [2.45, 2.75) is 36.4 Å². The summed E-state index contributed by atoms with van der Waals surface area (Å²) in [6.07, 6.45) is 0.0583. The molecule has 0 aromatic heterocycles. The molecule has 0 saturated carbocycles. The molecule has 0 spiro atoms. The fraction of sp³-hybridized carbons (Fsp3) is 0.421. The van der Waals surface area contributed by atoms with E-state index in [2.05, 4.69) is 30.3 Å². The predicted octanol–water partition coefficient (Wildman–Crippen LogP) is 3.36. The number of hydrogen-bond acceptors (Lipinski definition) is 5. The SMILES string of the molecule is CC(=O)C[C@@H]1C(=O)N(C(C(=O)OCC(Cl)(Cl)Cl)=C(C)C)[C@@H]1[S-].[Hg+][c]1ccccc1. The second-order valence-corrected chi connectivity index (χ2v) is 12.8. The first kappa shape index (κ1) is 26.8. The molecular formula is C19H20Cl3HgNO4S. The van der Waals surface area contributed by atoms with E-state index in [1.165, 1.54) is 10.00 Å². The van der Waals surface area contributed by atoms with Crippen molar-refractivity contribution in [1.29, 1.82) is 0 Å². The number of ether oxygens (including phenoxy) is 1. The molecule has 1 aromatic rings. The van der Waals surface area contributed by atoms with E-state index in [1.807, 2.05) is 0 Å². The first-order chi connectivity index (χ1) is 13.3. The standard InChI is InChI=1S/C13H16Cl3NO4S.C6H5.Hg/c1-6(2)9(12(20)21-5-13(14,15)16)17-10(19)8(11(17)22)4-7(3)18;1-2-4-6-5-3-1;/h8,11,22H,4-5H2,1-3H3;1-5H;/q;;+1/p-1/t8-,11-;;/m1../s1. The number of carbonyl (C=O) groups is 3. The Kier molecular flexibility index (Phi) is 11.0. The number of alkyl halides is 3. The topological polar surface area (TPSA) is 63.7 Å². The van der Waals surface area contributed by atoms with Crippen LogP contribution < -0.4 is 3.07 Å². The third-order valence-corrected chi connectivity index (χ3v) is 6.48. The molecular weight excluding hydrogens is 645 g/mol. The van der Waals surface area contributed by atoms with Gasteiger partial charge in [-0.15, -0.1) is 0 Å². The van der Waals surface area contributed by atoms with E-state index in [0.29, 0.717) is 5.57 Å². The Hall–Kier alpha value is -0.275. The number of ketones is 1. The molecule has 5 nitrogen and oxygen atoms in total. The van der Waals surface area contributed by atoms with Crippen LogP contribution in [-0.2, 0) is 57.9 Å². The van der Waals surface area contributed by atoms with E-state index in [0.717, 1.165) is 31.0 Å². The summed E-state index contributed by atoms with van der Waals surface area (Å²) in [7, 11) is 0.